The summed E-state index contributed by atoms with van der Waals surface area (Å²) in [5.41, 5.74) is 16.2. The molecule has 4 aromatic rings. The molecular weight excluding hydrogens is 671 g/mol. The molecule has 2 atom stereocenters. The number of hydrogen-bond donors (Lipinski definition) is 0. The second kappa shape index (κ2) is 12.3. The van der Waals surface area contributed by atoms with Gasteiger partial charge in [0.2, 0.25) is 0 Å². The Morgan fingerprint density at radius 2 is 0.977 bits per heavy atom. The molecule has 0 aromatic heterocycles. The van der Waals surface area contributed by atoms with E-state index in [1.807, 2.05) is 0 Å². The van der Waals surface area contributed by atoms with Gasteiger partial charge in [-0.2, -0.15) is 0 Å². The summed E-state index contributed by atoms with van der Waals surface area (Å²) < 4.78 is 0.248. The van der Waals surface area contributed by atoms with Gasteiger partial charge in [-0.1, -0.05) is 0 Å². The van der Waals surface area contributed by atoms with E-state index in [4.69, 9.17) is 17.0 Å². The molecule has 0 radical (unpaired) electrons. The van der Waals surface area contributed by atoms with Gasteiger partial charge in [-0.15, -0.1) is 0 Å². The van der Waals surface area contributed by atoms with Crippen LogP contribution in [-0.2, 0) is 28.4 Å². The van der Waals surface area contributed by atoms with Gasteiger partial charge in [-0.3, -0.25) is 0 Å². The monoisotopic (exact) mass is 713 g/mol. The molecule has 2 aliphatic carbocycles. The number of halogens is 2. The molecule has 0 N–H and O–H groups in total. The number of allylic oxidation sites excluding steroid dienone is 2. The van der Waals surface area contributed by atoms with Crippen molar-refractivity contribution in [2.75, 3.05) is 0 Å². The molecule has 2 unspecified atom stereocenters. The van der Waals surface area contributed by atoms with Gasteiger partial charge in [-0.05, 0) is 0 Å². The molecular formula is C40H45Cl2SiZr. The van der Waals surface area contributed by atoms with Crippen LogP contribution in [0.3, 0.4) is 0 Å². The molecule has 0 saturated carbocycles. The fourth-order valence-corrected chi connectivity index (χ4v) is 39.9. The molecule has 4 aromatic carbocycles. The summed E-state index contributed by atoms with van der Waals surface area (Å²) in [7, 11) is 17.2. The summed E-state index contributed by atoms with van der Waals surface area (Å²) in [6, 6.07) is 31.8. The molecule has 0 amide bonds. The zero-order valence-corrected chi connectivity index (χ0v) is 32.2. The summed E-state index contributed by atoms with van der Waals surface area (Å²) in [5.74, 6) is -1.59. The minimum atomic E-state index is -4.75. The fraction of sp³-hybridized carbons (Fsp3) is 0.300. The third kappa shape index (κ3) is 5.04. The maximum atomic E-state index is 8.59. The van der Waals surface area contributed by atoms with Crippen molar-refractivity contribution in [3.8, 4) is 22.3 Å². The molecule has 44 heavy (non-hydrogen) atoms. The van der Waals surface area contributed by atoms with Gasteiger partial charge in [-0.25, -0.2) is 0 Å². The molecule has 0 spiro atoms. The molecule has 0 heterocycles. The van der Waals surface area contributed by atoms with Gasteiger partial charge in [0.25, 0.3) is 0 Å². The standard InChI is InChI=1S/2C19H19.C2H7Si.2ClH.Zr/c2*1-3-14-7-5-8-16(11-14)18-10-6-9-17-12-15(4-2)13-19(17)18;1-3-2;;;/h2*5-13H,3-4H2,1-2H3;3H,1-2H3;2*1H;/q;;;;;+2/p-2. The maximum absolute atomic E-state index is 8.59. The average molecular weight is 716 g/mol. The van der Waals surface area contributed by atoms with E-state index in [-0.39, 0.29) is 7.25 Å². The van der Waals surface area contributed by atoms with Crippen LogP contribution in [0.15, 0.2) is 96.1 Å². The molecule has 0 aliphatic heterocycles. The van der Waals surface area contributed by atoms with Gasteiger partial charge < -0.3 is 0 Å². The number of rotatable bonds is 9. The Kier molecular flexibility index (Phi) is 8.97. The van der Waals surface area contributed by atoms with Gasteiger partial charge in [0, 0.05) is 0 Å². The van der Waals surface area contributed by atoms with E-state index in [0.717, 1.165) is 25.7 Å². The summed E-state index contributed by atoms with van der Waals surface area (Å²) >= 11 is -4.75. The summed E-state index contributed by atoms with van der Waals surface area (Å²) in [6.07, 6.45) is 8.94. The molecule has 0 nitrogen and oxygen atoms in total. The summed E-state index contributed by atoms with van der Waals surface area (Å²) in [5, 5.41) is 0. The van der Waals surface area contributed by atoms with E-state index in [9.17, 15) is 0 Å². The van der Waals surface area contributed by atoms with Crippen LogP contribution >= 0.6 is 17.0 Å². The van der Waals surface area contributed by atoms with Crippen molar-refractivity contribution >= 4 is 35.1 Å². The van der Waals surface area contributed by atoms with Gasteiger partial charge in [0.1, 0.15) is 0 Å². The first-order valence-corrected chi connectivity index (χ1v) is 32.9. The first-order chi connectivity index (χ1) is 21.2. The van der Waals surface area contributed by atoms with Crippen LogP contribution in [0.2, 0.25) is 13.1 Å². The van der Waals surface area contributed by atoms with Crippen molar-refractivity contribution in [3.05, 3.63) is 129 Å². The zero-order chi connectivity index (χ0) is 31.2. The number of aryl methyl sites for hydroxylation is 2. The van der Waals surface area contributed by atoms with Crippen molar-refractivity contribution in [1.82, 2.24) is 0 Å². The Morgan fingerprint density at radius 1 is 0.568 bits per heavy atom. The third-order valence-corrected chi connectivity index (χ3v) is 62.5. The van der Waals surface area contributed by atoms with Gasteiger partial charge in [0.15, 0.2) is 0 Å². The SMILES string of the molecule is CCC1=Cc2c(-c3cccc(CC)c3)cccc2[CH]1[Zr]([Cl])([Cl])([CH]1C(CC)=Cc2c(-c3cccc(CC)c3)cccc21)[SiH](C)C. The number of hydrogen-bond acceptors (Lipinski definition) is 0. The van der Waals surface area contributed by atoms with Crippen LogP contribution in [-0.4, -0.2) is 5.92 Å². The molecule has 0 bridgehead atoms. The average Bonchev–Trinajstić information content (AvgIpc) is 3.64. The van der Waals surface area contributed by atoms with Crippen molar-refractivity contribution in [2.45, 2.75) is 73.7 Å². The normalized spacial score (nSPS) is 18.4. The molecule has 227 valence electrons. The molecule has 4 heteroatoms. The van der Waals surface area contributed by atoms with Crippen LogP contribution < -0.4 is 0 Å². The second-order valence-corrected chi connectivity index (χ2v) is 55.6. The Hall–Kier alpha value is -1.96. The van der Waals surface area contributed by atoms with E-state index in [0.29, 0.717) is 0 Å². The minimum absolute atomic E-state index is 0.124. The Labute approximate surface area is 274 Å². The summed E-state index contributed by atoms with van der Waals surface area (Å²) in [4.78, 5) is 0. The predicted molar refractivity (Wildman–Crippen MR) is 195 cm³/mol. The van der Waals surface area contributed by atoms with Crippen molar-refractivity contribution in [1.29, 1.82) is 0 Å². The quantitative estimate of drug-likeness (QED) is 0.151. The van der Waals surface area contributed by atoms with Crippen LogP contribution in [0.1, 0.15) is 81.2 Å². The third-order valence-electron chi connectivity index (χ3n) is 10.6. The Morgan fingerprint density at radius 3 is 1.34 bits per heavy atom. The van der Waals surface area contributed by atoms with E-state index in [1.165, 1.54) is 66.8 Å². The van der Waals surface area contributed by atoms with Crippen LogP contribution in [0.25, 0.3) is 34.4 Å². The van der Waals surface area contributed by atoms with Gasteiger partial charge in [0.05, 0.1) is 0 Å². The van der Waals surface area contributed by atoms with E-state index < -0.39 is 21.5 Å². The van der Waals surface area contributed by atoms with Crippen LogP contribution in [0.4, 0.5) is 0 Å². The van der Waals surface area contributed by atoms with E-state index in [1.54, 1.807) is 0 Å². The fourth-order valence-electron chi connectivity index (χ4n) is 8.10. The first-order valence-electron chi connectivity index (χ1n) is 16.6. The first kappa shape index (κ1) is 32.0. The Bertz CT molecular complexity index is 1670. The molecule has 0 saturated heterocycles. The van der Waals surface area contributed by atoms with E-state index in [2.05, 4.69) is 138 Å². The van der Waals surface area contributed by atoms with E-state index >= 15 is 0 Å². The summed E-state index contributed by atoms with van der Waals surface area (Å²) in [6.45, 7) is 13.9. The molecule has 2 aliphatic rings. The van der Waals surface area contributed by atoms with Crippen molar-refractivity contribution in [2.24, 2.45) is 0 Å². The second-order valence-electron chi connectivity index (χ2n) is 13.1. The topological polar surface area (TPSA) is 0 Å². The zero-order valence-electron chi connectivity index (χ0n) is 27.1. The van der Waals surface area contributed by atoms with Crippen molar-refractivity contribution in [3.63, 3.8) is 0 Å². The van der Waals surface area contributed by atoms with Crippen LogP contribution in [0, 0.1) is 0 Å². The number of fused-ring (bicyclic) bond motifs is 2. The molecule has 0 fully saturated rings. The van der Waals surface area contributed by atoms with Crippen molar-refractivity contribution < 1.29 is 15.6 Å². The predicted octanol–water partition coefficient (Wildman–Crippen LogP) is 12.5. The Balaban J connectivity index is 1.57. The molecule has 6 rings (SSSR count). The van der Waals surface area contributed by atoms with Crippen LogP contribution in [0.5, 0.6) is 0 Å². The number of benzene rings is 4. The van der Waals surface area contributed by atoms with Gasteiger partial charge >= 0.3 is 276 Å².